The minimum Gasteiger partial charge on any atom is -0.446 e. The molecule has 2 atom stereocenters. The summed E-state index contributed by atoms with van der Waals surface area (Å²) in [7, 11) is 0. The van der Waals surface area contributed by atoms with Crippen LogP contribution in [0.1, 0.15) is 64.0 Å². The maximum atomic E-state index is 12.9. The van der Waals surface area contributed by atoms with Gasteiger partial charge in [0.25, 0.3) is 0 Å². The molecular formula is C19H26F2N4O3. The number of ether oxygens (including phenoxy) is 1. The Labute approximate surface area is 162 Å². The van der Waals surface area contributed by atoms with Gasteiger partial charge >= 0.3 is 6.09 Å². The standard InChI is InChI=1S/C19H26F2N4O3/c1-10(2)22-17(27)28-12-4-3-11(5-12)13-6-14(25-24-13)23-16(26)19-7-18(8-19,9-19)15(20)21/h6,10-12,15H,3-5,7-9H2,1-2H3,(H,22,27)(H2,23,24,25,26)/t11-,12+,18?,19?/m0/s1. The normalized spacial score (nSPS) is 33.4. The van der Waals surface area contributed by atoms with E-state index >= 15 is 0 Å². The molecule has 1 aromatic rings. The first-order chi connectivity index (χ1) is 13.2. The molecule has 2 bridgehead atoms. The average Bonchev–Trinajstić information content (AvgIpc) is 3.12. The summed E-state index contributed by atoms with van der Waals surface area (Å²) in [5.74, 6) is 0.371. The number of hydrogen-bond donors (Lipinski definition) is 3. The molecule has 0 saturated heterocycles. The topological polar surface area (TPSA) is 96.1 Å². The summed E-state index contributed by atoms with van der Waals surface area (Å²) in [6.07, 6.45) is 0.227. The second-order valence-corrected chi connectivity index (χ2v) is 8.97. The highest BCUT2D eigenvalue weighted by atomic mass is 19.3. The molecular weight excluding hydrogens is 370 g/mol. The molecule has 3 N–H and O–H groups in total. The van der Waals surface area contributed by atoms with Crippen molar-refractivity contribution in [2.45, 2.75) is 76.9 Å². The number of alkyl halides is 2. The van der Waals surface area contributed by atoms with Crippen LogP contribution < -0.4 is 10.6 Å². The van der Waals surface area contributed by atoms with Gasteiger partial charge in [-0.1, -0.05) is 0 Å². The molecule has 2 amide bonds. The molecule has 0 radical (unpaired) electrons. The second-order valence-electron chi connectivity index (χ2n) is 8.97. The molecule has 5 rings (SSSR count). The number of alkyl carbamates (subject to hydrolysis) is 1. The van der Waals surface area contributed by atoms with Crippen molar-refractivity contribution >= 4 is 17.8 Å². The molecule has 7 nitrogen and oxygen atoms in total. The molecule has 4 fully saturated rings. The molecule has 0 unspecified atom stereocenters. The monoisotopic (exact) mass is 396 g/mol. The van der Waals surface area contributed by atoms with E-state index in [1.54, 1.807) is 6.07 Å². The van der Waals surface area contributed by atoms with Crippen LogP contribution in [-0.4, -0.2) is 40.8 Å². The van der Waals surface area contributed by atoms with Crippen molar-refractivity contribution in [3.05, 3.63) is 11.8 Å². The maximum Gasteiger partial charge on any atom is 0.407 e. The summed E-state index contributed by atoms with van der Waals surface area (Å²) in [5.41, 5.74) is -0.673. The van der Waals surface area contributed by atoms with Crippen LogP contribution in [0.4, 0.5) is 19.4 Å². The zero-order valence-corrected chi connectivity index (χ0v) is 16.1. The minimum atomic E-state index is -2.35. The van der Waals surface area contributed by atoms with E-state index < -0.39 is 23.3 Å². The first-order valence-corrected chi connectivity index (χ1v) is 9.83. The second kappa shape index (κ2) is 6.70. The lowest BCUT2D eigenvalue weighted by atomic mass is 9.35. The van der Waals surface area contributed by atoms with Gasteiger partial charge in [0.15, 0.2) is 5.82 Å². The van der Waals surface area contributed by atoms with Crippen molar-refractivity contribution in [2.75, 3.05) is 5.32 Å². The first kappa shape index (κ1) is 19.1. The van der Waals surface area contributed by atoms with Gasteiger partial charge in [-0.3, -0.25) is 9.89 Å². The highest BCUT2D eigenvalue weighted by molar-refractivity contribution is 5.97. The number of nitrogens with zero attached hydrogens (tertiary/aromatic N) is 1. The van der Waals surface area contributed by atoms with Gasteiger partial charge in [0.1, 0.15) is 6.10 Å². The van der Waals surface area contributed by atoms with Crippen LogP contribution in [0, 0.1) is 10.8 Å². The van der Waals surface area contributed by atoms with E-state index in [2.05, 4.69) is 20.8 Å². The molecule has 1 heterocycles. The van der Waals surface area contributed by atoms with Gasteiger partial charge < -0.3 is 15.4 Å². The van der Waals surface area contributed by atoms with Crippen LogP contribution in [0.3, 0.4) is 0 Å². The quantitative estimate of drug-likeness (QED) is 0.685. The number of amides is 2. The summed E-state index contributed by atoms with van der Waals surface area (Å²) < 4.78 is 31.3. The number of carbonyl (C=O) groups is 2. The molecule has 0 spiro atoms. The van der Waals surface area contributed by atoms with Gasteiger partial charge in [-0.05, 0) is 52.4 Å². The van der Waals surface area contributed by atoms with Crippen LogP contribution in [0.2, 0.25) is 0 Å². The predicted octanol–water partition coefficient (Wildman–Crippen LogP) is 3.55. The van der Waals surface area contributed by atoms with Crippen LogP contribution in [0.25, 0.3) is 0 Å². The van der Waals surface area contributed by atoms with E-state index in [1.807, 2.05) is 13.8 Å². The zero-order chi connectivity index (χ0) is 20.1. The minimum absolute atomic E-state index is 0.0279. The number of carbonyl (C=O) groups excluding carboxylic acids is 2. The fourth-order valence-electron chi connectivity index (χ4n) is 4.95. The number of rotatable bonds is 6. The maximum absolute atomic E-state index is 12.9. The Kier molecular flexibility index (Phi) is 4.58. The number of nitrogens with one attached hydrogen (secondary N) is 3. The molecule has 4 aliphatic rings. The fourth-order valence-corrected chi connectivity index (χ4v) is 4.95. The number of H-pyrrole nitrogens is 1. The molecule has 1 aromatic heterocycles. The Morgan fingerprint density at radius 1 is 1.29 bits per heavy atom. The highest BCUT2D eigenvalue weighted by Gasteiger charge is 2.75. The van der Waals surface area contributed by atoms with Gasteiger partial charge in [-0.2, -0.15) is 5.10 Å². The van der Waals surface area contributed by atoms with Gasteiger partial charge in [0.2, 0.25) is 12.3 Å². The van der Waals surface area contributed by atoms with E-state index in [1.165, 1.54) is 0 Å². The van der Waals surface area contributed by atoms with E-state index in [9.17, 15) is 18.4 Å². The van der Waals surface area contributed by atoms with Crippen LogP contribution >= 0.6 is 0 Å². The van der Waals surface area contributed by atoms with Crippen LogP contribution in [0.15, 0.2) is 6.07 Å². The Morgan fingerprint density at radius 2 is 2.00 bits per heavy atom. The fraction of sp³-hybridized carbons (Fsp3) is 0.737. The third-order valence-electron chi connectivity index (χ3n) is 6.36. The average molecular weight is 396 g/mol. The van der Waals surface area contributed by atoms with E-state index in [4.69, 9.17) is 4.74 Å². The largest absolute Gasteiger partial charge is 0.446 e. The first-order valence-electron chi connectivity index (χ1n) is 9.83. The van der Waals surface area contributed by atoms with E-state index in [0.717, 1.165) is 18.5 Å². The summed E-state index contributed by atoms with van der Waals surface area (Å²) in [6.45, 7) is 3.75. The number of anilines is 1. The van der Waals surface area contributed by atoms with Crippen molar-refractivity contribution in [3.63, 3.8) is 0 Å². The Bertz CT molecular complexity index is 759. The summed E-state index contributed by atoms with van der Waals surface area (Å²) in [6, 6.07) is 1.81. The molecule has 0 aliphatic heterocycles. The number of aromatic amines is 1. The third kappa shape index (κ3) is 3.24. The van der Waals surface area contributed by atoms with Gasteiger partial charge in [-0.15, -0.1) is 0 Å². The number of aromatic nitrogens is 2. The smallest absolute Gasteiger partial charge is 0.407 e. The molecule has 28 heavy (non-hydrogen) atoms. The lowest BCUT2D eigenvalue weighted by Gasteiger charge is -2.68. The van der Waals surface area contributed by atoms with Crippen molar-refractivity contribution in [2.24, 2.45) is 10.8 Å². The van der Waals surface area contributed by atoms with Crippen molar-refractivity contribution in [3.8, 4) is 0 Å². The molecule has 154 valence electrons. The highest BCUT2D eigenvalue weighted by Crippen LogP contribution is 2.75. The SMILES string of the molecule is CC(C)NC(=O)O[C@@H]1CC[C@H](c2cc(NC(=O)C34CC(C(F)F)(C3)C4)n[nH]2)C1. The van der Waals surface area contributed by atoms with Gasteiger partial charge in [-0.25, -0.2) is 13.6 Å². The summed E-state index contributed by atoms with van der Waals surface area (Å²) in [4.78, 5) is 24.2. The summed E-state index contributed by atoms with van der Waals surface area (Å²) in [5, 5.41) is 12.6. The van der Waals surface area contributed by atoms with E-state index in [-0.39, 0.29) is 43.2 Å². The molecule has 0 aromatic carbocycles. The van der Waals surface area contributed by atoms with Gasteiger partial charge in [0.05, 0.1) is 5.41 Å². The third-order valence-corrected chi connectivity index (χ3v) is 6.36. The number of hydrogen-bond acceptors (Lipinski definition) is 4. The van der Waals surface area contributed by atoms with Crippen molar-refractivity contribution in [1.82, 2.24) is 15.5 Å². The summed E-state index contributed by atoms with van der Waals surface area (Å²) >= 11 is 0. The Balaban J connectivity index is 1.27. The zero-order valence-electron chi connectivity index (χ0n) is 16.1. The molecule has 4 aliphatic carbocycles. The Morgan fingerprint density at radius 3 is 2.64 bits per heavy atom. The van der Waals surface area contributed by atoms with E-state index in [0.29, 0.717) is 12.2 Å². The predicted molar refractivity (Wildman–Crippen MR) is 97.1 cm³/mol. The number of halogens is 2. The lowest BCUT2D eigenvalue weighted by Crippen LogP contribution is -2.69. The van der Waals surface area contributed by atoms with Crippen molar-refractivity contribution < 1.29 is 23.1 Å². The molecule has 9 heteroatoms. The van der Waals surface area contributed by atoms with Crippen molar-refractivity contribution in [1.29, 1.82) is 0 Å². The van der Waals surface area contributed by atoms with Crippen LogP contribution in [-0.2, 0) is 9.53 Å². The van der Waals surface area contributed by atoms with Crippen LogP contribution in [0.5, 0.6) is 0 Å². The Hall–Kier alpha value is -2.19. The lowest BCUT2D eigenvalue weighted by molar-refractivity contribution is -0.252. The molecule has 4 saturated carbocycles. The van der Waals surface area contributed by atoms with Gasteiger partial charge in [0, 0.05) is 29.1 Å².